The summed E-state index contributed by atoms with van der Waals surface area (Å²) in [4.78, 5) is 0.968. The monoisotopic (exact) mass is 295 g/mol. The molecule has 0 unspecified atom stereocenters. The molecule has 0 aliphatic rings. The molecule has 0 radical (unpaired) electrons. The third-order valence-electron chi connectivity index (χ3n) is 1.99. The van der Waals surface area contributed by atoms with Gasteiger partial charge in [0.2, 0.25) is 0 Å². The maximum atomic E-state index is 12.7. The summed E-state index contributed by atoms with van der Waals surface area (Å²) in [6.45, 7) is 0. The van der Waals surface area contributed by atoms with Crippen LogP contribution in [0.2, 0.25) is 0 Å². The van der Waals surface area contributed by atoms with E-state index >= 15 is 0 Å². The van der Waals surface area contributed by atoms with Gasteiger partial charge in [0.1, 0.15) is 0 Å². The number of anilines is 1. The Kier molecular flexibility index (Phi) is 3.47. The van der Waals surface area contributed by atoms with Crippen molar-refractivity contribution in [2.45, 2.75) is 6.18 Å². The first-order valence-electron chi connectivity index (χ1n) is 4.18. The number of guanidine groups is 1. The van der Waals surface area contributed by atoms with E-state index in [0.29, 0.717) is 4.47 Å². The van der Waals surface area contributed by atoms with E-state index in [9.17, 15) is 13.2 Å². The fraction of sp³-hybridized carbons (Fsp3) is 0.222. The molecule has 0 aromatic heterocycles. The lowest BCUT2D eigenvalue weighted by Crippen LogP contribution is -2.34. The number of nitrogens with two attached hydrogens (primary N) is 1. The lowest BCUT2D eigenvalue weighted by Gasteiger charge is -2.21. The van der Waals surface area contributed by atoms with Crippen molar-refractivity contribution in [3.63, 3.8) is 0 Å². The maximum absolute atomic E-state index is 12.7. The number of hydrogen-bond donors (Lipinski definition) is 2. The molecule has 7 heteroatoms. The molecule has 0 fully saturated rings. The molecule has 1 aromatic rings. The second-order valence-corrected chi connectivity index (χ2v) is 4.02. The number of hydrogen-bond acceptors (Lipinski definition) is 1. The van der Waals surface area contributed by atoms with Crippen LogP contribution >= 0.6 is 15.9 Å². The zero-order valence-electron chi connectivity index (χ0n) is 8.27. The van der Waals surface area contributed by atoms with E-state index in [1.165, 1.54) is 19.2 Å². The predicted octanol–water partition coefficient (Wildman–Crippen LogP) is 2.80. The standard InChI is InChI=1S/C9H9BrF3N3/c1-16(8(14)15)7-3-2-5(10)4-6(7)9(11,12)13/h2-4H,1H3,(H3,14,15). The van der Waals surface area contributed by atoms with Gasteiger partial charge >= 0.3 is 6.18 Å². The van der Waals surface area contributed by atoms with Crippen LogP contribution in [0.25, 0.3) is 0 Å². The number of alkyl halides is 3. The van der Waals surface area contributed by atoms with Crippen LogP contribution in [0.1, 0.15) is 5.56 Å². The number of halogens is 4. The third-order valence-corrected chi connectivity index (χ3v) is 2.48. The highest BCUT2D eigenvalue weighted by atomic mass is 79.9. The first-order valence-corrected chi connectivity index (χ1v) is 4.97. The average Bonchev–Trinajstić information content (AvgIpc) is 2.15. The van der Waals surface area contributed by atoms with Crippen LogP contribution in [0.4, 0.5) is 18.9 Å². The lowest BCUT2D eigenvalue weighted by molar-refractivity contribution is -0.137. The van der Waals surface area contributed by atoms with E-state index < -0.39 is 17.7 Å². The average molecular weight is 296 g/mol. The predicted molar refractivity (Wildman–Crippen MR) is 59.5 cm³/mol. The van der Waals surface area contributed by atoms with Crippen LogP contribution in [0.3, 0.4) is 0 Å². The second kappa shape index (κ2) is 4.32. The molecule has 0 bridgehead atoms. The topological polar surface area (TPSA) is 53.1 Å². The molecule has 1 rings (SSSR count). The Labute approximate surface area is 98.7 Å². The van der Waals surface area contributed by atoms with E-state index in [4.69, 9.17) is 11.1 Å². The van der Waals surface area contributed by atoms with Crippen molar-refractivity contribution < 1.29 is 13.2 Å². The Morgan fingerprint density at radius 2 is 2.00 bits per heavy atom. The highest BCUT2D eigenvalue weighted by molar-refractivity contribution is 9.10. The Morgan fingerprint density at radius 3 is 2.44 bits per heavy atom. The quantitative estimate of drug-likeness (QED) is 0.618. The van der Waals surface area contributed by atoms with Crippen LogP contribution in [0.15, 0.2) is 22.7 Å². The Balaban J connectivity index is 3.34. The van der Waals surface area contributed by atoms with Gasteiger partial charge in [0.05, 0.1) is 11.3 Å². The van der Waals surface area contributed by atoms with Crippen LogP contribution in [-0.4, -0.2) is 13.0 Å². The minimum absolute atomic E-state index is 0.150. The minimum atomic E-state index is -4.48. The zero-order valence-corrected chi connectivity index (χ0v) is 9.85. The van der Waals surface area contributed by atoms with E-state index in [2.05, 4.69) is 15.9 Å². The normalized spacial score (nSPS) is 11.3. The summed E-state index contributed by atoms with van der Waals surface area (Å²) in [5.41, 5.74) is 4.16. The second-order valence-electron chi connectivity index (χ2n) is 3.10. The molecule has 3 N–H and O–H groups in total. The first-order chi connectivity index (χ1) is 7.23. The molecule has 0 spiro atoms. The smallest absolute Gasteiger partial charge is 0.370 e. The van der Waals surface area contributed by atoms with Crippen molar-refractivity contribution in [3.8, 4) is 0 Å². The summed E-state index contributed by atoms with van der Waals surface area (Å²) in [6, 6.07) is 3.67. The Hall–Kier alpha value is -1.24. The molecule has 0 saturated heterocycles. The highest BCUT2D eigenvalue weighted by Gasteiger charge is 2.34. The fourth-order valence-corrected chi connectivity index (χ4v) is 1.52. The van der Waals surface area contributed by atoms with Crippen molar-refractivity contribution in [2.24, 2.45) is 5.73 Å². The molecule has 0 aliphatic carbocycles. The van der Waals surface area contributed by atoms with Crippen molar-refractivity contribution in [1.82, 2.24) is 0 Å². The van der Waals surface area contributed by atoms with E-state index in [1.807, 2.05) is 0 Å². The molecule has 0 heterocycles. The van der Waals surface area contributed by atoms with Crippen LogP contribution < -0.4 is 10.6 Å². The van der Waals surface area contributed by atoms with Crippen molar-refractivity contribution >= 4 is 27.6 Å². The maximum Gasteiger partial charge on any atom is 0.418 e. The van der Waals surface area contributed by atoms with Gasteiger partial charge in [-0.25, -0.2) is 0 Å². The summed E-state index contributed by atoms with van der Waals surface area (Å²) in [7, 11) is 1.31. The van der Waals surface area contributed by atoms with Crippen LogP contribution in [0, 0.1) is 5.41 Å². The van der Waals surface area contributed by atoms with E-state index in [0.717, 1.165) is 11.0 Å². The lowest BCUT2D eigenvalue weighted by atomic mass is 10.1. The summed E-state index contributed by atoms with van der Waals surface area (Å²) >= 11 is 2.97. The summed E-state index contributed by atoms with van der Waals surface area (Å²) < 4.78 is 38.4. The third kappa shape index (κ3) is 2.66. The minimum Gasteiger partial charge on any atom is -0.370 e. The van der Waals surface area contributed by atoms with Crippen molar-refractivity contribution in [1.29, 1.82) is 5.41 Å². The Bertz CT molecular complexity index is 417. The number of nitrogens with one attached hydrogen (secondary N) is 1. The van der Waals surface area contributed by atoms with Gasteiger partial charge in [-0.2, -0.15) is 13.2 Å². The molecule has 16 heavy (non-hydrogen) atoms. The number of benzene rings is 1. The zero-order chi connectivity index (χ0) is 12.5. The Morgan fingerprint density at radius 1 is 1.44 bits per heavy atom. The molecule has 88 valence electrons. The van der Waals surface area contributed by atoms with Crippen LogP contribution in [0.5, 0.6) is 0 Å². The summed E-state index contributed by atoms with van der Waals surface area (Å²) in [6.07, 6.45) is -4.48. The van der Waals surface area contributed by atoms with Gasteiger partial charge in [0.15, 0.2) is 5.96 Å². The number of nitrogens with zero attached hydrogens (tertiary/aromatic N) is 1. The van der Waals surface area contributed by atoms with Crippen molar-refractivity contribution in [3.05, 3.63) is 28.2 Å². The van der Waals surface area contributed by atoms with E-state index in [-0.39, 0.29) is 5.69 Å². The molecular formula is C9H9BrF3N3. The molecule has 1 aromatic carbocycles. The fourth-order valence-electron chi connectivity index (χ4n) is 1.16. The van der Waals surface area contributed by atoms with Gasteiger partial charge in [-0.05, 0) is 18.2 Å². The first kappa shape index (κ1) is 12.8. The highest BCUT2D eigenvalue weighted by Crippen LogP contribution is 2.37. The molecule has 0 amide bonds. The van der Waals surface area contributed by atoms with Gasteiger partial charge < -0.3 is 10.6 Å². The summed E-state index contributed by atoms with van der Waals surface area (Å²) in [5, 5.41) is 7.12. The van der Waals surface area contributed by atoms with E-state index in [1.54, 1.807) is 0 Å². The molecule has 3 nitrogen and oxygen atoms in total. The van der Waals surface area contributed by atoms with Gasteiger partial charge in [0.25, 0.3) is 0 Å². The van der Waals surface area contributed by atoms with Gasteiger partial charge in [-0.1, -0.05) is 15.9 Å². The SMILES string of the molecule is CN(C(=N)N)c1ccc(Br)cc1C(F)(F)F. The number of rotatable bonds is 1. The van der Waals surface area contributed by atoms with Crippen LogP contribution in [-0.2, 0) is 6.18 Å². The molecular weight excluding hydrogens is 287 g/mol. The van der Waals surface area contributed by atoms with Gasteiger partial charge in [-0.15, -0.1) is 0 Å². The van der Waals surface area contributed by atoms with Gasteiger partial charge in [0, 0.05) is 11.5 Å². The van der Waals surface area contributed by atoms with Crippen molar-refractivity contribution in [2.75, 3.05) is 11.9 Å². The molecule has 0 atom stereocenters. The molecule has 0 aliphatic heterocycles. The summed E-state index contributed by atoms with van der Waals surface area (Å²) in [5.74, 6) is -0.451. The largest absolute Gasteiger partial charge is 0.418 e. The molecule has 0 saturated carbocycles. The van der Waals surface area contributed by atoms with Gasteiger partial charge in [-0.3, -0.25) is 5.41 Å².